The van der Waals surface area contributed by atoms with Crippen molar-refractivity contribution >= 4 is 11.6 Å². The minimum Gasteiger partial charge on any atom is -0.316 e. The summed E-state index contributed by atoms with van der Waals surface area (Å²) in [6.07, 6.45) is 3.61. The lowest BCUT2D eigenvalue weighted by molar-refractivity contribution is 0.354. The Bertz CT molecular complexity index is 129. The Morgan fingerprint density at radius 1 is 1.29 bits per heavy atom. The molecule has 0 aromatic carbocycles. The van der Waals surface area contributed by atoms with Crippen LogP contribution in [0, 0.1) is 11.3 Å². The van der Waals surface area contributed by atoms with Crippen LogP contribution in [0.2, 0.25) is 0 Å². The largest absolute Gasteiger partial charge is 0.316 e. The average molecular weight is 220 g/mol. The molecule has 0 aromatic heterocycles. The fraction of sp³-hybridized carbons (Fsp3) is 1.00. The van der Waals surface area contributed by atoms with Gasteiger partial charge in [-0.15, -0.1) is 11.6 Å². The predicted octanol–water partition coefficient (Wildman–Crippen LogP) is 3.67. The second-order valence-corrected chi connectivity index (χ2v) is 5.64. The molecule has 2 heteroatoms. The van der Waals surface area contributed by atoms with E-state index in [1.54, 1.807) is 0 Å². The molecule has 0 saturated carbocycles. The van der Waals surface area contributed by atoms with E-state index in [1.165, 1.54) is 12.8 Å². The molecule has 0 aliphatic heterocycles. The van der Waals surface area contributed by atoms with Gasteiger partial charge < -0.3 is 5.32 Å². The van der Waals surface area contributed by atoms with Crippen molar-refractivity contribution in [2.75, 3.05) is 19.0 Å². The van der Waals surface area contributed by atoms with E-state index in [-0.39, 0.29) is 0 Å². The normalized spacial score (nSPS) is 14.4. The zero-order valence-corrected chi connectivity index (χ0v) is 11.0. The maximum absolute atomic E-state index is 5.73. The molecule has 1 nitrogen and oxygen atoms in total. The summed E-state index contributed by atoms with van der Waals surface area (Å²) < 4.78 is 0. The van der Waals surface area contributed by atoms with Crippen LogP contribution in [0.4, 0.5) is 0 Å². The molecule has 0 aliphatic carbocycles. The highest BCUT2D eigenvalue weighted by Gasteiger charge is 2.10. The Balaban J connectivity index is 3.42. The second-order valence-electron chi connectivity index (χ2n) is 5.27. The molecule has 0 aromatic rings. The van der Waals surface area contributed by atoms with Gasteiger partial charge in [0.05, 0.1) is 0 Å². The van der Waals surface area contributed by atoms with Crippen LogP contribution in [0.25, 0.3) is 0 Å². The first-order valence-electron chi connectivity index (χ1n) is 5.76. The van der Waals surface area contributed by atoms with Crippen molar-refractivity contribution in [1.29, 1.82) is 0 Å². The van der Waals surface area contributed by atoms with Crippen molar-refractivity contribution in [2.45, 2.75) is 47.0 Å². The predicted molar refractivity (Wildman–Crippen MR) is 66.1 cm³/mol. The number of hydrogen-bond donors (Lipinski definition) is 1. The first-order valence-corrected chi connectivity index (χ1v) is 6.29. The van der Waals surface area contributed by atoms with Gasteiger partial charge in [0.2, 0.25) is 0 Å². The van der Waals surface area contributed by atoms with E-state index < -0.39 is 0 Å². The Hall–Kier alpha value is 0.250. The maximum Gasteiger partial charge on any atom is 0.0226 e. The first-order chi connectivity index (χ1) is 6.49. The number of halogens is 1. The van der Waals surface area contributed by atoms with Crippen LogP contribution in [0.5, 0.6) is 0 Å². The summed E-state index contributed by atoms with van der Waals surface area (Å²) in [6, 6.07) is 0. The minimum atomic E-state index is 0.446. The molecule has 0 rings (SSSR count). The van der Waals surface area contributed by atoms with E-state index in [0.717, 1.165) is 31.3 Å². The Morgan fingerprint density at radius 3 is 2.36 bits per heavy atom. The third-order valence-corrected chi connectivity index (χ3v) is 2.80. The molecular weight excluding hydrogens is 194 g/mol. The van der Waals surface area contributed by atoms with Crippen molar-refractivity contribution in [3.05, 3.63) is 0 Å². The molecule has 86 valence electrons. The van der Waals surface area contributed by atoms with Gasteiger partial charge in [0.15, 0.2) is 0 Å². The van der Waals surface area contributed by atoms with Gasteiger partial charge >= 0.3 is 0 Å². The summed E-state index contributed by atoms with van der Waals surface area (Å²) in [5.41, 5.74) is 0.446. The highest BCUT2D eigenvalue weighted by molar-refractivity contribution is 6.17. The molecule has 1 unspecified atom stereocenters. The molecule has 0 aliphatic rings. The fourth-order valence-corrected chi connectivity index (χ4v) is 1.68. The van der Waals surface area contributed by atoms with Gasteiger partial charge in [-0.25, -0.2) is 0 Å². The SMILES string of the molecule is CCC(CCCl)CNCCC(C)(C)C. The summed E-state index contributed by atoms with van der Waals surface area (Å²) in [5, 5.41) is 3.52. The third kappa shape index (κ3) is 8.83. The number of nitrogens with one attached hydrogen (secondary N) is 1. The highest BCUT2D eigenvalue weighted by atomic mass is 35.5. The molecule has 0 radical (unpaired) electrons. The zero-order chi connectivity index (χ0) is 11.0. The van der Waals surface area contributed by atoms with E-state index in [2.05, 4.69) is 33.0 Å². The molecule has 0 spiro atoms. The Labute approximate surface area is 94.6 Å². The Kier molecular flexibility index (Phi) is 7.66. The quantitative estimate of drug-likeness (QED) is 0.509. The topological polar surface area (TPSA) is 12.0 Å². The summed E-state index contributed by atoms with van der Waals surface area (Å²) in [7, 11) is 0. The smallest absolute Gasteiger partial charge is 0.0226 e. The van der Waals surface area contributed by atoms with Crippen LogP contribution in [-0.2, 0) is 0 Å². The van der Waals surface area contributed by atoms with Crippen molar-refractivity contribution in [2.24, 2.45) is 11.3 Å². The van der Waals surface area contributed by atoms with Gasteiger partial charge in [-0.05, 0) is 37.3 Å². The van der Waals surface area contributed by atoms with Gasteiger partial charge in [0.25, 0.3) is 0 Å². The van der Waals surface area contributed by atoms with Crippen LogP contribution in [0.15, 0.2) is 0 Å². The van der Waals surface area contributed by atoms with E-state index in [1.807, 2.05) is 0 Å². The van der Waals surface area contributed by atoms with Crippen molar-refractivity contribution < 1.29 is 0 Å². The van der Waals surface area contributed by atoms with Crippen LogP contribution >= 0.6 is 11.6 Å². The minimum absolute atomic E-state index is 0.446. The summed E-state index contributed by atoms with van der Waals surface area (Å²) >= 11 is 5.73. The monoisotopic (exact) mass is 219 g/mol. The van der Waals surface area contributed by atoms with Gasteiger partial charge in [-0.1, -0.05) is 34.1 Å². The van der Waals surface area contributed by atoms with E-state index in [4.69, 9.17) is 11.6 Å². The van der Waals surface area contributed by atoms with Gasteiger partial charge in [-0.2, -0.15) is 0 Å². The number of rotatable bonds is 7. The molecule has 0 bridgehead atoms. The van der Waals surface area contributed by atoms with Gasteiger partial charge in [-0.3, -0.25) is 0 Å². The van der Waals surface area contributed by atoms with E-state index in [0.29, 0.717) is 5.41 Å². The maximum atomic E-state index is 5.73. The van der Waals surface area contributed by atoms with E-state index >= 15 is 0 Å². The van der Waals surface area contributed by atoms with Crippen LogP contribution in [-0.4, -0.2) is 19.0 Å². The second kappa shape index (κ2) is 7.53. The lowest BCUT2D eigenvalue weighted by Crippen LogP contribution is -2.26. The molecule has 0 fully saturated rings. The van der Waals surface area contributed by atoms with Crippen molar-refractivity contribution in [3.63, 3.8) is 0 Å². The molecule has 1 atom stereocenters. The molecule has 14 heavy (non-hydrogen) atoms. The molecular formula is C12H26ClN. The summed E-state index contributed by atoms with van der Waals surface area (Å²) in [6.45, 7) is 11.3. The molecule has 0 heterocycles. The molecule has 0 amide bonds. The van der Waals surface area contributed by atoms with Crippen molar-refractivity contribution in [3.8, 4) is 0 Å². The summed E-state index contributed by atoms with van der Waals surface area (Å²) in [5.74, 6) is 1.55. The average Bonchev–Trinajstić information content (AvgIpc) is 2.08. The lowest BCUT2D eigenvalue weighted by atomic mass is 9.92. The molecule has 1 N–H and O–H groups in total. The highest BCUT2D eigenvalue weighted by Crippen LogP contribution is 2.17. The fourth-order valence-electron chi connectivity index (χ4n) is 1.37. The number of alkyl halides is 1. The van der Waals surface area contributed by atoms with Crippen LogP contribution in [0.3, 0.4) is 0 Å². The van der Waals surface area contributed by atoms with Gasteiger partial charge in [0, 0.05) is 5.88 Å². The first kappa shape index (κ1) is 14.2. The summed E-state index contributed by atoms with van der Waals surface area (Å²) in [4.78, 5) is 0. The van der Waals surface area contributed by atoms with Crippen LogP contribution in [0.1, 0.15) is 47.0 Å². The third-order valence-electron chi connectivity index (χ3n) is 2.58. The van der Waals surface area contributed by atoms with Crippen molar-refractivity contribution in [1.82, 2.24) is 5.32 Å². The standard InChI is InChI=1S/C12H26ClN/c1-5-11(6-8-13)10-14-9-7-12(2,3)4/h11,14H,5-10H2,1-4H3. The number of hydrogen-bond acceptors (Lipinski definition) is 1. The Morgan fingerprint density at radius 2 is 1.93 bits per heavy atom. The van der Waals surface area contributed by atoms with Crippen LogP contribution < -0.4 is 5.32 Å². The lowest BCUT2D eigenvalue weighted by Gasteiger charge is -2.20. The van der Waals surface area contributed by atoms with E-state index in [9.17, 15) is 0 Å². The zero-order valence-electron chi connectivity index (χ0n) is 10.2. The van der Waals surface area contributed by atoms with Gasteiger partial charge in [0.1, 0.15) is 0 Å². The molecule has 0 saturated heterocycles.